The van der Waals surface area contributed by atoms with Gasteiger partial charge in [-0.3, -0.25) is 9.59 Å². The van der Waals surface area contributed by atoms with E-state index in [1.807, 2.05) is 0 Å². The van der Waals surface area contributed by atoms with E-state index in [2.05, 4.69) is 11.8 Å². The molecule has 5 heteroatoms. The van der Waals surface area contributed by atoms with Crippen LogP contribution in [-0.2, 0) is 19.1 Å². The van der Waals surface area contributed by atoms with Crippen LogP contribution in [-0.4, -0.2) is 29.6 Å². The second-order valence-corrected chi connectivity index (χ2v) is 5.30. The molecule has 2 aliphatic rings. The minimum absolute atomic E-state index is 0.0904. The average molecular weight is 292 g/mol. The molecule has 0 fully saturated rings. The fraction of sp³-hybridized carbons (Fsp3) is 0.625. The van der Waals surface area contributed by atoms with Gasteiger partial charge in [-0.2, -0.15) is 0 Å². The molecule has 0 spiro atoms. The first-order chi connectivity index (χ1) is 10.1. The van der Waals surface area contributed by atoms with E-state index >= 15 is 0 Å². The molecule has 0 radical (unpaired) electrons. The summed E-state index contributed by atoms with van der Waals surface area (Å²) in [6.07, 6.45) is 3.95. The summed E-state index contributed by atoms with van der Waals surface area (Å²) in [6, 6.07) is 0. The number of hydrogen-bond donors (Lipinski definition) is 1. The number of hydrogen-bond acceptors (Lipinski definition) is 5. The van der Waals surface area contributed by atoms with Crippen LogP contribution < -0.4 is 0 Å². The fourth-order valence-electron chi connectivity index (χ4n) is 2.48. The molecule has 1 unspecified atom stereocenters. The van der Waals surface area contributed by atoms with Crippen molar-refractivity contribution in [2.75, 3.05) is 6.61 Å². The number of esters is 1. The topological polar surface area (TPSA) is 72.8 Å². The Balaban J connectivity index is 2.26. The zero-order chi connectivity index (χ0) is 15.2. The van der Waals surface area contributed by atoms with Crippen LogP contribution in [0.25, 0.3) is 0 Å². The maximum Gasteiger partial charge on any atom is 0.303 e. The summed E-state index contributed by atoms with van der Waals surface area (Å²) < 4.78 is 10.5. The molecular weight excluding hydrogens is 272 g/mol. The molecule has 2 bridgehead atoms. The zero-order valence-corrected chi connectivity index (χ0v) is 12.2. The van der Waals surface area contributed by atoms with E-state index in [4.69, 9.17) is 9.47 Å². The van der Waals surface area contributed by atoms with Gasteiger partial charge in [0.2, 0.25) is 11.5 Å². The maximum absolute atomic E-state index is 12.2. The minimum Gasteiger partial charge on any atom is -0.507 e. The van der Waals surface area contributed by atoms with Crippen LogP contribution in [0, 0.1) is 17.8 Å². The van der Waals surface area contributed by atoms with E-state index in [0.29, 0.717) is 6.61 Å². The molecule has 0 amide bonds. The minimum atomic E-state index is -0.921. The molecule has 2 rings (SSSR count). The molecular formula is C16H20O5. The Bertz CT molecular complexity index is 508. The van der Waals surface area contributed by atoms with E-state index in [9.17, 15) is 14.7 Å². The van der Waals surface area contributed by atoms with Crippen LogP contribution >= 0.6 is 0 Å². The summed E-state index contributed by atoms with van der Waals surface area (Å²) in [7, 11) is 0. The third-order valence-electron chi connectivity index (χ3n) is 3.56. The lowest BCUT2D eigenvalue weighted by Gasteiger charge is -2.26. The lowest BCUT2D eigenvalue weighted by molar-refractivity contribution is -0.154. The van der Waals surface area contributed by atoms with Crippen molar-refractivity contribution < 1.29 is 24.2 Å². The van der Waals surface area contributed by atoms with Crippen molar-refractivity contribution >= 4 is 11.8 Å². The van der Waals surface area contributed by atoms with Gasteiger partial charge in [-0.05, 0) is 12.8 Å². The molecule has 0 aromatic carbocycles. The van der Waals surface area contributed by atoms with Crippen LogP contribution in [0.15, 0.2) is 11.5 Å². The van der Waals surface area contributed by atoms with E-state index in [1.165, 1.54) is 6.92 Å². The second-order valence-electron chi connectivity index (χ2n) is 5.30. The van der Waals surface area contributed by atoms with Crippen LogP contribution in [0.2, 0.25) is 0 Å². The summed E-state index contributed by atoms with van der Waals surface area (Å²) in [4.78, 5) is 23.3. The Hall–Kier alpha value is -1.96. The van der Waals surface area contributed by atoms with Crippen molar-refractivity contribution in [1.82, 2.24) is 0 Å². The van der Waals surface area contributed by atoms with Crippen molar-refractivity contribution in [2.45, 2.75) is 51.6 Å². The standard InChI is InChI=1S/C16H20O5/c1-11(17)21-13-10-12-8-6-4-2-3-5-7-9-20-16(14(12)18)15(13)19/h12-13,18H,2-5,7,9-10H2,1H3/t12?,13-/m1/s1. The molecule has 5 nitrogen and oxygen atoms in total. The van der Waals surface area contributed by atoms with E-state index in [0.717, 1.165) is 32.1 Å². The largest absolute Gasteiger partial charge is 0.507 e. The van der Waals surface area contributed by atoms with Crippen molar-refractivity contribution in [3.8, 4) is 11.8 Å². The van der Waals surface area contributed by atoms with Gasteiger partial charge in [-0.1, -0.05) is 18.8 Å². The third-order valence-corrected chi connectivity index (χ3v) is 3.56. The number of allylic oxidation sites excluding steroid dienone is 1. The number of ether oxygens (including phenoxy) is 2. The molecule has 0 aromatic heterocycles. The van der Waals surface area contributed by atoms with Crippen molar-refractivity contribution in [3.05, 3.63) is 11.5 Å². The first-order valence-electron chi connectivity index (χ1n) is 7.35. The smallest absolute Gasteiger partial charge is 0.303 e. The maximum atomic E-state index is 12.2. The highest BCUT2D eigenvalue weighted by atomic mass is 16.6. The van der Waals surface area contributed by atoms with Gasteiger partial charge in [-0.25, -0.2) is 0 Å². The van der Waals surface area contributed by atoms with Crippen molar-refractivity contribution in [1.29, 1.82) is 0 Å². The number of carbonyl (C=O) groups excluding carboxylic acids is 2. The molecule has 1 heterocycles. The number of ketones is 1. The molecule has 1 N–H and O–H groups in total. The van der Waals surface area contributed by atoms with Gasteiger partial charge in [0, 0.05) is 19.8 Å². The summed E-state index contributed by atoms with van der Waals surface area (Å²) in [5.74, 6) is 4.26. The molecule has 1 aliphatic heterocycles. The van der Waals surface area contributed by atoms with Gasteiger partial charge in [0.15, 0.2) is 11.9 Å². The van der Waals surface area contributed by atoms with Crippen molar-refractivity contribution in [2.24, 2.45) is 5.92 Å². The Morgan fingerprint density at radius 2 is 2.10 bits per heavy atom. The summed E-state index contributed by atoms with van der Waals surface area (Å²) in [5.41, 5.74) is 0. The van der Waals surface area contributed by atoms with E-state index in [1.54, 1.807) is 0 Å². The lowest BCUT2D eigenvalue weighted by Crippen LogP contribution is -2.36. The van der Waals surface area contributed by atoms with Crippen LogP contribution in [0.5, 0.6) is 0 Å². The Morgan fingerprint density at radius 3 is 2.86 bits per heavy atom. The number of rotatable bonds is 1. The molecule has 1 aliphatic carbocycles. The fourth-order valence-corrected chi connectivity index (χ4v) is 2.48. The van der Waals surface area contributed by atoms with Gasteiger partial charge < -0.3 is 14.6 Å². The Morgan fingerprint density at radius 1 is 1.33 bits per heavy atom. The van der Waals surface area contributed by atoms with Gasteiger partial charge >= 0.3 is 5.97 Å². The molecule has 2 atom stereocenters. The van der Waals surface area contributed by atoms with Crippen LogP contribution in [0.4, 0.5) is 0 Å². The first-order valence-corrected chi connectivity index (χ1v) is 7.35. The number of aliphatic hydroxyl groups excluding tert-OH is 1. The van der Waals surface area contributed by atoms with Gasteiger partial charge in [0.25, 0.3) is 0 Å². The Kier molecular flexibility index (Phi) is 5.26. The SMILES string of the molecule is CC(=O)O[C@@H]1CC2C#CCCCCCCOC(=C2O)C1=O. The van der Waals surface area contributed by atoms with Gasteiger partial charge in [0.05, 0.1) is 12.5 Å². The molecule has 0 saturated heterocycles. The lowest BCUT2D eigenvalue weighted by atomic mass is 9.89. The average Bonchev–Trinajstić information content (AvgIpc) is 2.43. The highest BCUT2D eigenvalue weighted by molar-refractivity contribution is 5.99. The van der Waals surface area contributed by atoms with E-state index < -0.39 is 23.8 Å². The summed E-state index contributed by atoms with van der Waals surface area (Å²) in [5, 5.41) is 10.2. The van der Waals surface area contributed by atoms with E-state index in [-0.39, 0.29) is 17.9 Å². The number of aliphatic hydroxyl groups is 1. The van der Waals surface area contributed by atoms with Gasteiger partial charge in [-0.15, -0.1) is 5.92 Å². The summed E-state index contributed by atoms with van der Waals surface area (Å²) in [6.45, 7) is 1.63. The number of Topliss-reactive ketones (excluding diaryl/α,β-unsaturated/α-hetero) is 1. The molecule has 0 saturated carbocycles. The summed E-state index contributed by atoms with van der Waals surface area (Å²) >= 11 is 0. The van der Waals surface area contributed by atoms with Crippen LogP contribution in [0.1, 0.15) is 45.4 Å². The quantitative estimate of drug-likeness (QED) is 0.593. The number of carbonyl (C=O) groups is 2. The zero-order valence-electron chi connectivity index (χ0n) is 12.2. The third kappa shape index (κ3) is 4.01. The highest BCUT2D eigenvalue weighted by Gasteiger charge is 2.38. The first kappa shape index (κ1) is 15.4. The monoisotopic (exact) mass is 292 g/mol. The van der Waals surface area contributed by atoms with Crippen molar-refractivity contribution in [3.63, 3.8) is 0 Å². The molecule has 0 aromatic rings. The highest BCUT2D eigenvalue weighted by Crippen LogP contribution is 2.29. The Labute approximate surface area is 124 Å². The molecule has 21 heavy (non-hydrogen) atoms. The predicted molar refractivity (Wildman–Crippen MR) is 75.1 cm³/mol. The predicted octanol–water partition coefficient (Wildman–Crippen LogP) is 2.26. The second kappa shape index (κ2) is 7.16. The van der Waals surface area contributed by atoms with Crippen LogP contribution in [0.3, 0.4) is 0 Å². The number of fused-ring (bicyclic) bond motifs is 1. The van der Waals surface area contributed by atoms with Gasteiger partial charge in [0.1, 0.15) is 0 Å². The molecule has 114 valence electrons. The normalized spacial score (nSPS) is 26.6.